The number of nitrogens with one attached hydrogen (secondary N) is 2. The lowest BCUT2D eigenvalue weighted by Gasteiger charge is -2.25. The minimum atomic E-state index is -0.943. The highest BCUT2D eigenvalue weighted by molar-refractivity contribution is 6.05. The number of aromatic nitrogens is 1. The molecule has 0 saturated carbocycles. The zero-order valence-electron chi connectivity index (χ0n) is 24.2. The van der Waals surface area contributed by atoms with Crippen LogP contribution < -0.4 is 20.1 Å². The summed E-state index contributed by atoms with van der Waals surface area (Å²) in [5, 5.41) is 26.5. The summed E-state index contributed by atoms with van der Waals surface area (Å²) in [6, 6.07) is 12.8. The molecule has 1 aromatic heterocycles. The molecule has 0 aliphatic carbocycles. The standard InChI is InChI=1S/C32H37N3O7/c1-5-9-19(2)29(30(38)28-20(3)31(39)35(4)32(28)40)34-27(37)17-23(22-10-7-6-8-11-22)33-26(36)15-13-21-12-14-24-25(16-21)42-18-41-24/h6-8,10-16,19,23,29,39-40H,5,9,17-18H2,1-4H3,(H,33,36)(H,34,37)/t19?,23-,29?/m0/s1. The molecule has 2 aromatic carbocycles. The first-order valence-corrected chi connectivity index (χ1v) is 13.9. The number of carbonyl (C=O) groups excluding carboxylic acids is 3. The molecule has 0 radical (unpaired) electrons. The summed E-state index contributed by atoms with van der Waals surface area (Å²) in [5.41, 5.74) is 1.69. The van der Waals surface area contributed by atoms with E-state index in [1.54, 1.807) is 31.2 Å². The van der Waals surface area contributed by atoms with Crippen molar-refractivity contribution in [3.63, 3.8) is 0 Å². The summed E-state index contributed by atoms with van der Waals surface area (Å²) in [5.74, 6) is -0.905. The van der Waals surface area contributed by atoms with Gasteiger partial charge in [-0.2, -0.15) is 0 Å². The summed E-state index contributed by atoms with van der Waals surface area (Å²) in [4.78, 5) is 40.0. The van der Waals surface area contributed by atoms with Crippen molar-refractivity contribution in [1.29, 1.82) is 0 Å². The molecule has 2 amide bonds. The fourth-order valence-corrected chi connectivity index (χ4v) is 5.10. The maximum absolute atomic E-state index is 13.6. The number of carbonyl (C=O) groups is 3. The molecule has 1 aliphatic rings. The van der Waals surface area contributed by atoms with Gasteiger partial charge >= 0.3 is 0 Å². The Kier molecular flexibility index (Phi) is 9.57. The molecule has 4 N–H and O–H groups in total. The van der Waals surface area contributed by atoms with Crippen LogP contribution in [0.4, 0.5) is 0 Å². The highest BCUT2D eigenvalue weighted by atomic mass is 16.7. The second-order valence-corrected chi connectivity index (χ2v) is 10.5. The lowest BCUT2D eigenvalue weighted by molar-refractivity contribution is -0.123. The quantitative estimate of drug-likeness (QED) is 0.184. The molecular formula is C32H37N3O7. The molecule has 0 spiro atoms. The van der Waals surface area contributed by atoms with Crippen LogP contribution in [0.5, 0.6) is 23.3 Å². The van der Waals surface area contributed by atoms with Crippen LogP contribution in [0, 0.1) is 12.8 Å². The first-order chi connectivity index (χ1) is 20.1. The van der Waals surface area contributed by atoms with Gasteiger partial charge in [-0.1, -0.05) is 56.7 Å². The predicted molar refractivity (Wildman–Crippen MR) is 157 cm³/mol. The van der Waals surface area contributed by atoms with Crippen molar-refractivity contribution in [2.45, 2.75) is 52.1 Å². The van der Waals surface area contributed by atoms with Crippen molar-refractivity contribution in [2.75, 3.05) is 6.79 Å². The molecule has 2 unspecified atom stereocenters. The van der Waals surface area contributed by atoms with E-state index in [4.69, 9.17) is 9.47 Å². The molecule has 0 bridgehead atoms. The Hall–Kier alpha value is -4.73. The highest BCUT2D eigenvalue weighted by Crippen LogP contribution is 2.34. The van der Waals surface area contributed by atoms with Crippen molar-refractivity contribution in [3.05, 3.63) is 76.9 Å². The van der Waals surface area contributed by atoms with E-state index in [1.807, 2.05) is 44.2 Å². The number of benzene rings is 2. The minimum absolute atomic E-state index is 0.0233. The van der Waals surface area contributed by atoms with E-state index >= 15 is 0 Å². The van der Waals surface area contributed by atoms with Gasteiger partial charge in [0.25, 0.3) is 0 Å². The fourth-order valence-electron chi connectivity index (χ4n) is 5.10. The number of hydrogen-bond acceptors (Lipinski definition) is 7. The first-order valence-electron chi connectivity index (χ1n) is 13.9. The Labute approximate surface area is 245 Å². The molecule has 4 rings (SSSR count). The van der Waals surface area contributed by atoms with E-state index in [2.05, 4.69) is 10.6 Å². The van der Waals surface area contributed by atoms with Gasteiger partial charge < -0.3 is 30.3 Å². The Balaban J connectivity index is 1.51. The lowest BCUT2D eigenvalue weighted by Crippen LogP contribution is -2.46. The Morgan fingerprint density at radius 2 is 1.74 bits per heavy atom. The number of amides is 2. The Morgan fingerprint density at radius 1 is 1.02 bits per heavy atom. The highest BCUT2D eigenvalue weighted by Gasteiger charge is 2.33. The van der Waals surface area contributed by atoms with Gasteiger partial charge in [0.1, 0.15) is 0 Å². The van der Waals surface area contributed by atoms with Crippen LogP contribution in [0.25, 0.3) is 6.08 Å². The van der Waals surface area contributed by atoms with Crippen molar-refractivity contribution < 1.29 is 34.1 Å². The van der Waals surface area contributed by atoms with Crippen molar-refractivity contribution in [2.24, 2.45) is 13.0 Å². The minimum Gasteiger partial charge on any atom is -0.494 e. The van der Waals surface area contributed by atoms with Crippen LogP contribution >= 0.6 is 0 Å². The average Bonchev–Trinajstić information content (AvgIpc) is 3.52. The molecule has 1 aliphatic heterocycles. The van der Waals surface area contributed by atoms with Gasteiger partial charge in [-0.3, -0.25) is 19.0 Å². The molecule has 42 heavy (non-hydrogen) atoms. The monoisotopic (exact) mass is 575 g/mol. The van der Waals surface area contributed by atoms with Gasteiger partial charge in [-0.15, -0.1) is 0 Å². The smallest absolute Gasteiger partial charge is 0.244 e. The molecule has 2 heterocycles. The topological polar surface area (TPSA) is 139 Å². The van der Waals surface area contributed by atoms with Crippen LogP contribution in [0.1, 0.15) is 66.2 Å². The van der Waals surface area contributed by atoms with Crippen LogP contribution in [0.2, 0.25) is 0 Å². The van der Waals surface area contributed by atoms with Gasteiger partial charge in [0, 0.05) is 18.7 Å². The van der Waals surface area contributed by atoms with E-state index in [-0.39, 0.29) is 42.0 Å². The average molecular weight is 576 g/mol. The summed E-state index contributed by atoms with van der Waals surface area (Å²) >= 11 is 0. The Bertz CT molecular complexity index is 1450. The zero-order chi connectivity index (χ0) is 30.4. The number of hydrogen-bond donors (Lipinski definition) is 4. The third-order valence-corrected chi connectivity index (χ3v) is 7.46. The van der Waals surface area contributed by atoms with E-state index in [0.29, 0.717) is 17.9 Å². The summed E-state index contributed by atoms with van der Waals surface area (Å²) in [7, 11) is 1.45. The number of ketones is 1. The predicted octanol–water partition coefficient (Wildman–Crippen LogP) is 4.54. The lowest BCUT2D eigenvalue weighted by atomic mass is 9.89. The molecule has 222 valence electrons. The van der Waals surface area contributed by atoms with Crippen molar-refractivity contribution >= 4 is 23.7 Å². The molecule has 3 atom stereocenters. The second kappa shape index (κ2) is 13.3. The van der Waals surface area contributed by atoms with Gasteiger partial charge in [-0.25, -0.2) is 0 Å². The van der Waals surface area contributed by atoms with E-state index in [9.17, 15) is 24.6 Å². The maximum atomic E-state index is 13.6. The zero-order valence-corrected chi connectivity index (χ0v) is 24.2. The van der Waals surface area contributed by atoms with Crippen LogP contribution in [-0.2, 0) is 16.6 Å². The number of aromatic hydroxyl groups is 2. The maximum Gasteiger partial charge on any atom is 0.244 e. The molecule has 10 heteroatoms. The largest absolute Gasteiger partial charge is 0.494 e. The van der Waals surface area contributed by atoms with E-state index in [1.165, 1.54) is 13.1 Å². The third-order valence-electron chi connectivity index (χ3n) is 7.46. The normalized spacial score (nSPS) is 14.4. The molecular weight excluding hydrogens is 538 g/mol. The SMILES string of the molecule is CCCC(C)C(NC(=O)C[C@H](NC(=O)C=Cc1ccc2c(c1)OCO2)c1ccccc1)C(=O)c1c(C)c(O)n(C)c1O. The Morgan fingerprint density at radius 3 is 2.40 bits per heavy atom. The van der Waals surface area contributed by atoms with Crippen molar-refractivity contribution in [3.8, 4) is 23.3 Å². The van der Waals surface area contributed by atoms with Crippen LogP contribution in [0.15, 0.2) is 54.6 Å². The van der Waals surface area contributed by atoms with E-state index in [0.717, 1.165) is 22.1 Å². The van der Waals surface area contributed by atoms with Gasteiger partial charge in [0.05, 0.1) is 24.1 Å². The van der Waals surface area contributed by atoms with Crippen LogP contribution in [0.3, 0.4) is 0 Å². The number of nitrogens with zero attached hydrogens (tertiary/aromatic N) is 1. The van der Waals surface area contributed by atoms with E-state index < -0.39 is 29.7 Å². The van der Waals surface area contributed by atoms with Crippen molar-refractivity contribution in [1.82, 2.24) is 15.2 Å². The molecule has 3 aromatic rings. The number of fused-ring (bicyclic) bond motifs is 1. The molecule has 0 fully saturated rings. The number of ether oxygens (including phenoxy) is 2. The summed E-state index contributed by atoms with van der Waals surface area (Å²) < 4.78 is 11.8. The number of rotatable bonds is 12. The van der Waals surface area contributed by atoms with Crippen LogP contribution in [-0.4, -0.2) is 45.2 Å². The first kappa shape index (κ1) is 30.2. The third kappa shape index (κ3) is 6.76. The van der Waals surface area contributed by atoms with Gasteiger partial charge in [0.2, 0.25) is 24.5 Å². The summed E-state index contributed by atoms with van der Waals surface area (Å²) in [6.45, 7) is 5.54. The summed E-state index contributed by atoms with van der Waals surface area (Å²) in [6.07, 6.45) is 4.34. The fraction of sp³-hybridized carbons (Fsp3) is 0.344. The van der Waals surface area contributed by atoms with Gasteiger partial charge in [0.15, 0.2) is 23.2 Å². The molecule has 0 saturated heterocycles. The van der Waals surface area contributed by atoms with Gasteiger partial charge in [-0.05, 0) is 48.6 Å². The molecule has 10 nitrogen and oxygen atoms in total. The number of Topliss-reactive ketones (excluding diaryl/α,β-unsaturated/α-hetero) is 1. The second-order valence-electron chi connectivity index (χ2n) is 10.5.